The Hall–Kier alpha value is -1.59. The van der Waals surface area contributed by atoms with Crippen LogP contribution >= 0.6 is 0 Å². The molecule has 1 aliphatic heterocycles. The summed E-state index contributed by atoms with van der Waals surface area (Å²) in [5, 5.41) is 0. The Morgan fingerprint density at radius 1 is 1.22 bits per heavy atom. The molecule has 1 fully saturated rings. The van der Waals surface area contributed by atoms with Crippen molar-refractivity contribution in [2.24, 2.45) is 5.92 Å². The van der Waals surface area contributed by atoms with Crippen LogP contribution in [0.5, 0.6) is 0 Å². The third-order valence-electron chi connectivity index (χ3n) is 4.60. The molecule has 2 unspecified atom stereocenters. The Bertz CT molecular complexity index is 555. The molecule has 0 aliphatic carbocycles. The summed E-state index contributed by atoms with van der Waals surface area (Å²) >= 11 is 0. The lowest BCUT2D eigenvalue weighted by Crippen LogP contribution is -2.44. The molecule has 0 radical (unpaired) electrons. The van der Waals surface area contributed by atoms with Crippen molar-refractivity contribution in [3.8, 4) is 0 Å². The zero-order valence-corrected chi connectivity index (χ0v) is 17.3. The number of amides is 1. The summed E-state index contributed by atoms with van der Waals surface area (Å²) < 4.78 is 17.3. The van der Waals surface area contributed by atoms with E-state index in [0.717, 1.165) is 32.4 Å². The van der Waals surface area contributed by atoms with Crippen LogP contribution in [-0.2, 0) is 14.2 Å². The summed E-state index contributed by atoms with van der Waals surface area (Å²) in [6, 6.07) is 10.3. The molecule has 1 saturated heterocycles. The predicted octanol–water partition coefficient (Wildman–Crippen LogP) is 4.82. The van der Waals surface area contributed by atoms with Crippen molar-refractivity contribution >= 4 is 6.09 Å². The molecule has 1 aromatic rings. The molecular weight excluding hydrogens is 342 g/mol. The van der Waals surface area contributed by atoms with Crippen LogP contribution in [-0.4, -0.2) is 49.5 Å². The van der Waals surface area contributed by atoms with Crippen LogP contribution < -0.4 is 0 Å². The lowest BCUT2D eigenvalue weighted by atomic mass is 9.88. The van der Waals surface area contributed by atoms with Crippen LogP contribution in [0.1, 0.15) is 58.6 Å². The van der Waals surface area contributed by atoms with E-state index in [4.69, 9.17) is 14.2 Å². The summed E-state index contributed by atoms with van der Waals surface area (Å²) in [5.41, 5.74) is 0.698. The zero-order valence-electron chi connectivity index (χ0n) is 17.3. The Morgan fingerprint density at radius 3 is 2.63 bits per heavy atom. The lowest BCUT2D eigenvalue weighted by Gasteiger charge is -2.37. The third-order valence-corrected chi connectivity index (χ3v) is 4.60. The van der Waals surface area contributed by atoms with Gasteiger partial charge in [0.25, 0.3) is 0 Å². The molecule has 1 heterocycles. The summed E-state index contributed by atoms with van der Waals surface area (Å²) in [7, 11) is 0. The highest BCUT2D eigenvalue weighted by Gasteiger charge is 2.32. The highest BCUT2D eigenvalue weighted by atomic mass is 16.6. The first-order valence-electron chi connectivity index (χ1n) is 10.1. The second-order valence-corrected chi connectivity index (χ2v) is 8.08. The minimum absolute atomic E-state index is 0.0157. The highest BCUT2D eigenvalue weighted by molar-refractivity contribution is 5.68. The molecule has 1 aromatic carbocycles. The zero-order chi connectivity index (χ0) is 19.7. The maximum absolute atomic E-state index is 12.5. The van der Waals surface area contributed by atoms with E-state index in [1.54, 1.807) is 0 Å². The predicted molar refractivity (Wildman–Crippen MR) is 107 cm³/mol. The molecular formula is C22H35NO4. The van der Waals surface area contributed by atoms with E-state index in [1.807, 2.05) is 50.8 Å². The largest absolute Gasteiger partial charge is 0.444 e. The molecule has 27 heavy (non-hydrogen) atoms. The van der Waals surface area contributed by atoms with Crippen LogP contribution in [0.15, 0.2) is 30.3 Å². The summed E-state index contributed by atoms with van der Waals surface area (Å²) in [6.07, 6.45) is 2.65. The number of nitrogens with zero attached hydrogens (tertiary/aromatic N) is 1. The summed E-state index contributed by atoms with van der Waals surface area (Å²) in [5.74, 6) is 0.265. The van der Waals surface area contributed by atoms with Gasteiger partial charge in [-0.25, -0.2) is 4.79 Å². The number of carbonyl (C=O) groups excluding carboxylic acids is 1. The summed E-state index contributed by atoms with van der Waals surface area (Å²) in [4.78, 5) is 14.3. The second-order valence-electron chi connectivity index (χ2n) is 8.08. The number of piperidine rings is 1. The Labute approximate surface area is 164 Å². The molecule has 1 amide bonds. The van der Waals surface area contributed by atoms with Gasteiger partial charge in [0.1, 0.15) is 5.60 Å². The second kappa shape index (κ2) is 10.7. The van der Waals surface area contributed by atoms with Gasteiger partial charge in [-0.1, -0.05) is 30.3 Å². The van der Waals surface area contributed by atoms with Gasteiger partial charge >= 0.3 is 6.09 Å². The van der Waals surface area contributed by atoms with Gasteiger partial charge in [0.05, 0.1) is 6.10 Å². The van der Waals surface area contributed by atoms with Crippen molar-refractivity contribution in [1.82, 2.24) is 4.90 Å². The molecule has 5 heteroatoms. The standard InChI is InChI=1S/C22H35NO4/c1-5-25-15-10-16-26-20(18-11-7-6-8-12-18)19-13-9-14-23(17-19)21(24)27-22(2,3)4/h6-8,11-12,19-20H,5,9-10,13-17H2,1-4H3. The van der Waals surface area contributed by atoms with Crippen LogP contribution in [0.3, 0.4) is 0 Å². The third kappa shape index (κ3) is 7.51. The van der Waals surface area contributed by atoms with Gasteiger partial charge in [-0.2, -0.15) is 0 Å². The van der Waals surface area contributed by atoms with Crippen molar-refractivity contribution < 1.29 is 19.0 Å². The van der Waals surface area contributed by atoms with E-state index in [9.17, 15) is 4.79 Å². The monoisotopic (exact) mass is 377 g/mol. The van der Waals surface area contributed by atoms with E-state index in [1.165, 1.54) is 5.56 Å². The van der Waals surface area contributed by atoms with E-state index in [2.05, 4.69) is 12.1 Å². The van der Waals surface area contributed by atoms with Crippen molar-refractivity contribution in [3.05, 3.63) is 35.9 Å². The molecule has 0 saturated carbocycles. The molecule has 0 spiro atoms. The van der Waals surface area contributed by atoms with E-state index < -0.39 is 5.60 Å². The highest BCUT2D eigenvalue weighted by Crippen LogP contribution is 2.33. The maximum Gasteiger partial charge on any atom is 0.410 e. The first-order valence-corrected chi connectivity index (χ1v) is 10.1. The topological polar surface area (TPSA) is 48.0 Å². The van der Waals surface area contributed by atoms with Crippen LogP contribution in [0, 0.1) is 5.92 Å². The van der Waals surface area contributed by atoms with Gasteiger partial charge in [0.2, 0.25) is 0 Å². The fraction of sp³-hybridized carbons (Fsp3) is 0.682. The van der Waals surface area contributed by atoms with Crippen LogP contribution in [0.4, 0.5) is 4.79 Å². The van der Waals surface area contributed by atoms with E-state index >= 15 is 0 Å². The number of ether oxygens (including phenoxy) is 3. The maximum atomic E-state index is 12.5. The molecule has 0 bridgehead atoms. The molecule has 2 rings (SSSR count). The van der Waals surface area contributed by atoms with Crippen molar-refractivity contribution in [1.29, 1.82) is 0 Å². The SMILES string of the molecule is CCOCCCOC(c1ccccc1)C1CCCN(C(=O)OC(C)(C)C)C1. The molecule has 0 N–H and O–H groups in total. The van der Waals surface area contributed by atoms with Crippen LogP contribution in [0.2, 0.25) is 0 Å². The Balaban J connectivity index is 2.01. The number of likely N-dealkylation sites (tertiary alicyclic amines) is 1. The first-order chi connectivity index (χ1) is 12.9. The van der Waals surface area contributed by atoms with Gasteiger partial charge < -0.3 is 19.1 Å². The first kappa shape index (κ1) is 21.7. The fourth-order valence-corrected chi connectivity index (χ4v) is 3.41. The van der Waals surface area contributed by atoms with Gasteiger partial charge in [-0.05, 0) is 52.5 Å². The van der Waals surface area contributed by atoms with E-state index in [0.29, 0.717) is 19.8 Å². The van der Waals surface area contributed by atoms with Crippen LogP contribution in [0.25, 0.3) is 0 Å². The lowest BCUT2D eigenvalue weighted by molar-refractivity contribution is -0.0306. The number of hydrogen-bond acceptors (Lipinski definition) is 4. The quantitative estimate of drug-likeness (QED) is 0.610. The van der Waals surface area contributed by atoms with Crippen molar-refractivity contribution in [2.75, 3.05) is 32.9 Å². The minimum Gasteiger partial charge on any atom is -0.444 e. The van der Waals surface area contributed by atoms with E-state index in [-0.39, 0.29) is 18.1 Å². The molecule has 0 aromatic heterocycles. The van der Waals surface area contributed by atoms with Crippen molar-refractivity contribution in [2.45, 2.75) is 58.7 Å². The number of carbonyl (C=O) groups is 1. The van der Waals surface area contributed by atoms with Gasteiger partial charge in [-0.3, -0.25) is 0 Å². The Kier molecular flexibility index (Phi) is 8.58. The van der Waals surface area contributed by atoms with Gasteiger partial charge in [0, 0.05) is 38.8 Å². The molecule has 1 aliphatic rings. The average Bonchev–Trinajstić information content (AvgIpc) is 2.64. The molecule has 152 valence electrons. The fourth-order valence-electron chi connectivity index (χ4n) is 3.41. The normalized spacial score (nSPS) is 19.0. The summed E-state index contributed by atoms with van der Waals surface area (Å²) in [6.45, 7) is 11.2. The Morgan fingerprint density at radius 2 is 1.96 bits per heavy atom. The van der Waals surface area contributed by atoms with Gasteiger partial charge in [0.15, 0.2) is 0 Å². The average molecular weight is 378 g/mol. The minimum atomic E-state index is -0.474. The van der Waals surface area contributed by atoms with Crippen molar-refractivity contribution in [3.63, 3.8) is 0 Å². The number of rotatable bonds is 8. The molecule has 5 nitrogen and oxygen atoms in total. The van der Waals surface area contributed by atoms with Gasteiger partial charge in [-0.15, -0.1) is 0 Å². The molecule has 2 atom stereocenters. The number of hydrogen-bond donors (Lipinski definition) is 0. The smallest absolute Gasteiger partial charge is 0.410 e. The number of benzene rings is 1.